The molecule has 0 spiro atoms. The summed E-state index contributed by atoms with van der Waals surface area (Å²) >= 11 is 9.26. The Morgan fingerprint density at radius 2 is 2.03 bits per heavy atom. The van der Waals surface area contributed by atoms with Gasteiger partial charge in [0, 0.05) is 21.6 Å². The second kappa shape index (κ2) is 10.4. The number of hydrogen-bond acceptors (Lipinski definition) is 6. The normalized spacial score (nSPS) is 10.9. The van der Waals surface area contributed by atoms with Gasteiger partial charge in [0.2, 0.25) is 0 Å². The number of anilines is 3. The minimum Gasteiger partial charge on any atom is -0.494 e. The van der Waals surface area contributed by atoms with Crippen LogP contribution < -0.4 is 20.8 Å². The van der Waals surface area contributed by atoms with Crippen LogP contribution in [0.2, 0.25) is 5.02 Å². The lowest BCUT2D eigenvalue weighted by molar-refractivity contribution is 0.252. The molecule has 172 valence electrons. The molecular weight excluding hydrogens is 527 g/mol. The predicted molar refractivity (Wildman–Crippen MR) is 135 cm³/mol. The van der Waals surface area contributed by atoms with E-state index in [2.05, 4.69) is 47.1 Å². The molecule has 1 heterocycles. The van der Waals surface area contributed by atoms with E-state index in [0.29, 0.717) is 33.8 Å². The molecule has 0 fully saturated rings. The maximum Gasteiger partial charge on any atom is 0.339 e. The van der Waals surface area contributed by atoms with E-state index in [0.717, 1.165) is 10.0 Å². The summed E-state index contributed by atoms with van der Waals surface area (Å²) in [5.74, 6) is 0.309. The molecular formula is C23H17BrClFN6O2. The molecule has 4 rings (SSSR count). The molecule has 34 heavy (non-hydrogen) atoms. The Morgan fingerprint density at radius 3 is 2.79 bits per heavy atom. The highest BCUT2D eigenvalue weighted by Crippen LogP contribution is 2.33. The number of ether oxygens (including phenoxy) is 1. The molecule has 0 aliphatic rings. The van der Waals surface area contributed by atoms with Crippen molar-refractivity contribution in [3.63, 3.8) is 0 Å². The number of amides is 2. The van der Waals surface area contributed by atoms with Crippen LogP contribution in [0.3, 0.4) is 0 Å². The third kappa shape index (κ3) is 5.59. The first kappa shape index (κ1) is 23.4. The smallest absolute Gasteiger partial charge is 0.339 e. The fourth-order valence-electron chi connectivity index (χ4n) is 3.06. The highest BCUT2D eigenvalue weighted by molar-refractivity contribution is 9.10. The number of hydrogen-bond donors (Lipinski definition) is 3. The number of halogens is 3. The molecule has 0 saturated carbocycles. The number of carbonyl (C=O) groups is 1. The Kier molecular flexibility index (Phi) is 7.19. The van der Waals surface area contributed by atoms with Gasteiger partial charge in [-0.2, -0.15) is 5.10 Å². The zero-order chi connectivity index (χ0) is 24.1. The van der Waals surface area contributed by atoms with Crippen molar-refractivity contribution in [1.82, 2.24) is 15.4 Å². The van der Waals surface area contributed by atoms with E-state index in [1.54, 1.807) is 12.1 Å². The van der Waals surface area contributed by atoms with Gasteiger partial charge in [-0.1, -0.05) is 39.7 Å². The Balaban J connectivity index is 1.57. The third-order valence-corrected chi connectivity index (χ3v) is 5.40. The van der Waals surface area contributed by atoms with E-state index < -0.39 is 11.8 Å². The van der Waals surface area contributed by atoms with Gasteiger partial charge in [-0.3, -0.25) is 0 Å². The minimum absolute atomic E-state index is 0.0209. The lowest BCUT2D eigenvalue weighted by Gasteiger charge is -2.13. The Morgan fingerprint density at radius 1 is 1.18 bits per heavy atom. The SMILES string of the molecule is COc1cc2ncnc(Nc3ccc(F)c(Cl)c3)c2cc1NC(=O)N/N=C/c1cccc(Br)c1. The number of carbonyl (C=O) groups excluding carboxylic acids is 1. The molecule has 3 N–H and O–H groups in total. The summed E-state index contributed by atoms with van der Waals surface area (Å²) in [6, 6.07) is 14.5. The number of nitrogens with zero attached hydrogens (tertiary/aromatic N) is 3. The van der Waals surface area contributed by atoms with Gasteiger partial charge in [-0.25, -0.2) is 24.6 Å². The first-order valence-corrected chi connectivity index (χ1v) is 11.0. The van der Waals surface area contributed by atoms with Gasteiger partial charge < -0.3 is 15.4 Å². The van der Waals surface area contributed by atoms with Crippen LogP contribution in [0.1, 0.15) is 5.56 Å². The average molecular weight is 544 g/mol. The van der Waals surface area contributed by atoms with Crippen molar-refractivity contribution in [3.05, 3.63) is 81.8 Å². The van der Waals surface area contributed by atoms with Crippen LogP contribution in [0.15, 0.2) is 70.5 Å². The molecule has 0 saturated heterocycles. The molecule has 1 aromatic heterocycles. The van der Waals surface area contributed by atoms with Crippen LogP contribution in [0.4, 0.5) is 26.4 Å². The van der Waals surface area contributed by atoms with E-state index in [1.807, 2.05) is 24.3 Å². The van der Waals surface area contributed by atoms with Gasteiger partial charge >= 0.3 is 6.03 Å². The number of methoxy groups -OCH3 is 1. The van der Waals surface area contributed by atoms with Gasteiger partial charge in [-0.15, -0.1) is 0 Å². The van der Waals surface area contributed by atoms with Crippen molar-refractivity contribution in [2.45, 2.75) is 0 Å². The van der Waals surface area contributed by atoms with Crippen molar-refractivity contribution in [3.8, 4) is 5.75 Å². The van der Waals surface area contributed by atoms with E-state index in [-0.39, 0.29) is 5.02 Å². The highest BCUT2D eigenvalue weighted by atomic mass is 79.9. The lowest BCUT2D eigenvalue weighted by Crippen LogP contribution is -2.24. The molecule has 0 atom stereocenters. The number of nitrogens with one attached hydrogen (secondary N) is 3. The molecule has 0 aliphatic heterocycles. The Bertz CT molecular complexity index is 1400. The second-order valence-corrected chi connectivity index (χ2v) is 8.25. The fraction of sp³-hybridized carbons (Fsp3) is 0.0435. The van der Waals surface area contributed by atoms with Crippen LogP contribution in [0.5, 0.6) is 5.75 Å². The molecule has 3 aromatic carbocycles. The number of urea groups is 1. The van der Waals surface area contributed by atoms with Crippen molar-refractivity contribution in [1.29, 1.82) is 0 Å². The molecule has 2 amide bonds. The van der Waals surface area contributed by atoms with Crippen LogP contribution >= 0.6 is 27.5 Å². The summed E-state index contributed by atoms with van der Waals surface area (Å²) in [4.78, 5) is 20.9. The first-order chi connectivity index (χ1) is 16.4. The first-order valence-electron chi connectivity index (χ1n) is 9.83. The summed E-state index contributed by atoms with van der Waals surface area (Å²) in [5.41, 5.74) is 4.71. The summed E-state index contributed by atoms with van der Waals surface area (Å²) in [7, 11) is 1.48. The summed E-state index contributed by atoms with van der Waals surface area (Å²) < 4.78 is 19.8. The summed E-state index contributed by atoms with van der Waals surface area (Å²) in [6.07, 6.45) is 2.90. The number of hydrazone groups is 1. The monoisotopic (exact) mass is 542 g/mol. The Hall–Kier alpha value is -3.76. The van der Waals surface area contributed by atoms with Crippen molar-refractivity contribution >= 4 is 67.9 Å². The van der Waals surface area contributed by atoms with E-state index in [9.17, 15) is 9.18 Å². The molecule has 0 radical (unpaired) electrons. The van der Waals surface area contributed by atoms with Gasteiger partial charge in [0.1, 0.15) is 23.7 Å². The quantitative estimate of drug-likeness (QED) is 0.202. The van der Waals surface area contributed by atoms with Gasteiger partial charge in [0.05, 0.1) is 29.6 Å². The van der Waals surface area contributed by atoms with Crippen LogP contribution in [0.25, 0.3) is 10.9 Å². The topological polar surface area (TPSA) is 101 Å². The standard InChI is InChI=1S/C23H17BrClFN6O2/c1-34-21-10-19-16(22(28-12-27-19)30-15-5-6-18(26)17(25)8-15)9-20(21)31-23(33)32-29-11-13-3-2-4-14(24)7-13/h2-12H,1H3,(H,27,28,30)(H2,31,32,33)/b29-11+. The molecule has 0 aliphatic carbocycles. The molecule has 11 heteroatoms. The van der Waals surface area contributed by atoms with Crippen LogP contribution in [0, 0.1) is 5.82 Å². The average Bonchev–Trinajstić information content (AvgIpc) is 2.81. The zero-order valence-electron chi connectivity index (χ0n) is 17.6. The fourth-order valence-corrected chi connectivity index (χ4v) is 3.66. The minimum atomic E-state index is -0.569. The van der Waals surface area contributed by atoms with Crippen LogP contribution in [-0.2, 0) is 0 Å². The number of aromatic nitrogens is 2. The highest BCUT2D eigenvalue weighted by Gasteiger charge is 2.13. The predicted octanol–water partition coefficient (Wildman–Crippen LogP) is 6.09. The third-order valence-electron chi connectivity index (χ3n) is 4.62. The maximum absolute atomic E-state index is 13.5. The second-order valence-electron chi connectivity index (χ2n) is 6.92. The number of rotatable bonds is 6. The summed E-state index contributed by atoms with van der Waals surface area (Å²) in [6.45, 7) is 0. The Labute approximate surface area is 207 Å². The largest absolute Gasteiger partial charge is 0.494 e. The van der Waals surface area contributed by atoms with Crippen LogP contribution in [-0.4, -0.2) is 29.3 Å². The summed E-state index contributed by atoms with van der Waals surface area (Å²) in [5, 5.41) is 10.3. The van der Waals surface area contributed by atoms with Gasteiger partial charge in [-0.05, 0) is 42.0 Å². The lowest BCUT2D eigenvalue weighted by atomic mass is 10.2. The molecule has 4 aromatic rings. The number of fused-ring (bicyclic) bond motifs is 1. The van der Waals surface area contributed by atoms with Gasteiger partial charge in [0.15, 0.2) is 0 Å². The molecule has 0 unspecified atom stereocenters. The number of benzene rings is 3. The van der Waals surface area contributed by atoms with Crippen molar-refractivity contribution < 1.29 is 13.9 Å². The van der Waals surface area contributed by atoms with Crippen molar-refractivity contribution in [2.75, 3.05) is 17.7 Å². The molecule has 0 bridgehead atoms. The molecule has 8 nitrogen and oxygen atoms in total. The zero-order valence-corrected chi connectivity index (χ0v) is 20.0. The van der Waals surface area contributed by atoms with Crippen molar-refractivity contribution in [2.24, 2.45) is 5.10 Å². The van der Waals surface area contributed by atoms with E-state index >= 15 is 0 Å². The van der Waals surface area contributed by atoms with E-state index in [4.69, 9.17) is 16.3 Å². The van der Waals surface area contributed by atoms with E-state index in [1.165, 1.54) is 37.9 Å². The van der Waals surface area contributed by atoms with Gasteiger partial charge in [0.25, 0.3) is 0 Å². The maximum atomic E-state index is 13.5.